The zero-order valence-electron chi connectivity index (χ0n) is 13.3. The summed E-state index contributed by atoms with van der Waals surface area (Å²) in [5, 5.41) is 5.13. The third kappa shape index (κ3) is 4.30. The first-order valence-corrected chi connectivity index (χ1v) is 8.55. The molecule has 2 rings (SSSR count). The Bertz CT molecular complexity index is 821. The molecule has 2 aromatic carbocycles. The summed E-state index contributed by atoms with van der Waals surface area (Å²) in [4.78, 5) is 12.0. The quantitative estimate of drug-likeness (QED) is 0.868. The second kappa shape index (κ2) is 7.41. The Morgan fingerprint density at radius 2 is 1.71 bits per heavy atom. The van der Waals surface area contributed by atoms with Gasteiger partial charge in [-0.2, -0.15) is 0 Å². The van der Waals surface area contributed by atoms with Gasteiger partial charge in [0.25, 0.3) is 0 Å². The van der Waals surface area contributed by atoms with Gasteiger partial charge in [0.05, 0.1) is 4.90 Å². The van der Waals surface area contributed by atoms with Crippen LogP contribution in [0.2, 0.25) is 0 Å². The van der Waals surface area contributed by atoms with Crippen LogP contribution in [-0.4, -0.2) is 32.8 Å². The molecule has 0 unspecified atom stereocenters. The summed E-state index contributed by atoms with van der Waals surface area (Å²) in [6, 6.07) is 11.3. The van der Waals surface area contributed by atoms with Crippen molar-refractivity contribution in [3.8, 4) is 0 Å². The third-order valence-corrected chi connectivity index (χ3v) is 5.19. The van der Waals surface area contributed by atoms with Crippen molar-refractivity contribution in [1.29, 1.82) is 0 Å². The van der Waals surface area contributed by atoms with Crippen LogP contribution in [0.1, 0.15) is 5.56 Å². The summed E-state index contributed by atoms with van der Waals surface area (Å²) in [7, 11) is -0.709. The molecule has 0 aliphatic carbocycles. The first-order valence-electron chi connectivity index (χ1n) is 7.11. The van der Waals surface area contributed by atoms with Crippen molar-refractivity contribution in [2.45, 2.75) is 11.4 Å². The molecule has 0 bridgehead atoms. The van der Waals surface area contributed by atoms with Gasteiger partial charge in [0.2, 0.25) is 10.0 Å². The fourth-order valence-electron chi connectivity index (χ4n) is 1.98. The monoisotopic (exact) mass is 351 g/mol. The Kier molecular flexibility index (Phi) is 5.53. The topological polar surface area (TPSA) is 78.5 Å². The molecule has 0 atom stereocenters. The van der Waals surface area contributed by atoms with Crippen LogP contribution in [0.3, 0.4) is 0 Å². The lowest BCUT2D eigenvalue weighted by Gasteiger charge is -2.15. The molecule has 0 spiro atoms. The second-order valence-electron chi connectivity index (χ2n) is 5.21. The van der Waals surface area contributed by atoms with Gasteiger partial charge in [0, 0.05) is 26.3 Å². The van der Waals surface area contributed by atoms with Crippen LogP contribution >= 0.6 is 0 Å². The predicted octanol–water partition coefficient (Wildman–Crippen LogP) is 2.40. The van der Waals surface area contributed by atoms with Gasteiger partial charge >= 0.3 is 6.03 Å². The lowest BCUT2D eigenvalue weighted by atomic mass is 10.2. The lowest BCUT2D eigenvalue weighted by molar-refractivity contribution is 0.251. The number of sulfonamides is 1. The van der Waals surface area contributed by atoms with Gasteiger partial charge in [-0.1, -0.05) is 18.2 Å². The predicted molar refractivity (Wildman–Crippen MR) is 89.6 cm³/mol. The summed E-state index contributed by atoms with van der Waals surface area (Å²) in [5.41, 5.74) is 0.906. The molecule has 0 fully saturated rings. The number of halogens is 1. The summed E-state index contributed by atoms with van der Waals surface area (Å²) >= 11 is 0. The van der Waals surface area contributed by atoms with E-state index in [9.17, 15) is 17.6 Å². The highest BCUT2D eigenvalue weighted by atomic mass is 32.2. The Balaban J connectivity index is 2.07. The van der Waals surface area contributed by atoms with E-state index in [0.29, 0.717) is 11.3 Å². The number of nitrogens with one attached hydrogen (secondary N) is 2. The highest BCUT2D eigenvalue weighted by Crippen LogP contribution is 2.18. The van der Waals surface area contributed by atoms with Crippen molar-refractivity contribution < 1.29 is 17.6 Å². The maximum atomic E-state index is 12.8. The molecule has 0 heterocycles. The molecule has 2 amide bonds. The molecule has 0 aliphatic rings. The van der Waals surface area contributed by atoms with E-state index in [-0.39, 0.29) is 11.4 Å². The van der Waals surface area contributed by atoms with Crippen LogP contribution in [0.15, 0.2) is 53.4 Å². The zero-order valence-corrected chi connectivity index (χ0v) is 14.1. The highest BCUT2D eigenvalue weighted by Gasteiger charge is 2.20. The first-order chi connectivity index (χ1) is 11.3. The summed E-state index contributed by atoms with van der Waals surface area (Å²) < 4.78 is 38.5. The Morgan fingerprint density at radius 3 is 2.33 bits per heavy atom. The number of carbonyl (C=O) groups is 1. The number of amides is 2. The van der Waals surface area contributed by atoms with Gasteiger partial charge in [-0.3, -0.25) is 0 Å². The van der Waals surface area contributed by atoms with E-state index in [4.69, 9.17) is 0 Å². The minimum Gasteiger partial charge on any atom is -0.334 e. The highest BCUT2D eigenvalue weighted by molar-refractivity contribution is 7.89. The van der Waals surface area contributed by atoms with Crippen LogP contribution in [0.5, 0.6) is 0 Å². The first kappa shape index (κ1) is 17.9. The number of rotatable bonds is 5. The number of carbonyl (C=O) groups excluding carboxylic acids is 1. The molecule has 128 valence electrons. The Labute approximate surface area is 140 Å². The van der Waals surface area contributed by atoms with Gasteiger partial charge in [-0.25, -0.2) is 21.9 Å². The van der Waals surface area contributed by atoms with E-state index >= 15 is 0 Å². The zero-order chi connectivity index (χ0) is 17.7. The van der Waals surface area contributed by atoms with Crippen LogP contribution in [-0.2, 0) is 16.6 Å². The van der Waals surface area contributed by atoms with Crippen molar-refractivity contribution in [2.75, 3.05) is 19.4 Å². The third-order valence-electron chi connectivity index (χ3n) is 3.27. The van der Waals surface area contributed by atoms with Crippen molar-refractivity contribution in [1.82, 2.24) is 9.62 Å². The average Bonchev–Trinajstić information content (AvgIpc) is 2.55. The van der Waals surface area contributed by atoms with E-state index in [1.165, 1.54) is 44.4 Å². The van der Waals surface area contributed by atoms with Gasteiger partial charge in [-0.15, -0.1) is 0 Å². The van der Waals surface area contributed by atoms with E-state index in [1.54, 1.807) is 18.2 Å². The maximum absolute atomic E-state index is 12.8. The number of urea groups is 1. The molecule has 2 aromatic rings. The molecule has 0 saturated carbocycles. The standard InChI is InChI=1S/C16H18FN3O3S/c1-20(2)24(22,23)15-6-4-3-5-12(15)11-18-16(21)19-14-9-7-13(17)8-10-14/h3-10H,11H2,1-2H3,(H2,18,19,21). The van der Waals surface area contributed by atoms with Crippen molar-refractivity contribution in [2.24, 2.45) is 0 Å². The van der Waals surface area contributed by atoms with Crippen molar-refractivity contribution in [3.63, 3.8) is 0 Å². The molecule has 2 N–H and O–H groups in total. The molecule has 0 aliphatic heterocycles. The minimum absolute atomic E-state index is 0.0380. The number of hydrogen-bond donors (Lipinski definition) is 2. The summed E-state index contributed by atoms with van der Waals surface area (Å²) in [6.45, 7) is 0.0380. The van der Waals surface area contributed by atoms with Crippen LogP contribution in [0, 0.1) is 5.82 Å². The summed E-state index contributed by atoms with van der Waals surface area (Å²) in [5.74, 6) is -0.399. The second-order valence-corrected chi connectivity index (χ2v) is 7.33. The Hall–Kier alpha value is -2.45. The molecule has 8 heteroatoms. The molecule has 0 aromatic heterocycles. The van der Waals surface area contributed by atoms with Crippen molar-refractivity contribution >= 4 is 21.7 Å². The molecular formula is C16H18FN3O3S. The average molecular weight is 351 g/mol. The summed E-state index contributed by atoms with van der Waals surface area (Å²) in [6.07, 6.45) is 0. The number of nitrogens with zero attached hydrogens (tertiary/aromatic N) is 1. The molecule has 24 heavy (non-hydrogen) atoms. The maximum Gasteiger partial charge on any atom is 0.319 e. The van der Waals surface area contributed by atoms with Gasteiger partial charge < -0.3 is 10.6 Å². The van der Waals surface area contributed by atoms with E-state index < -0.39 is 21.9 Å². The molecule has 6 nitrogen and oxygen atoms in total. The normalized spacial score (nSPS) is 11.3. The molecule has 0 saturated heterocycles. The van der Waals surface area contributed by atoms with E-state index in [1.807, 2.05) is 0 Å². The fraction of sp³-hybridized carbons (Fsp3) is 0.188. The number of hydrogen-bond acceptors (Lipinski definition) is 3. The largest absolute Gasteiger partial charge is 0.334 e. The van der Waals surface area contributed by atoms with E-state index in [2.05, 4.69) is 10.6 Å². The fourth-order valence-corrected chi connectivity index (χ4v) is 3.10. The molecule has 0 radical (unpaired) electrons. The van der Waals surface area contributed by atoms with E-state index in [0.717, 1.165) is 4.31 Å². The van der Waals surface area contributed by atoms with Crippen LogP contribution in [0.4, 0.5) is 14.9 Å². The van der Waals surface area contributed by atoms with Gasteiger partial charge in [0.15, 0.2) is 0 Å². The molecular weight excluding hydrogens is 333 g/mol. The number of anilines is 1. The Morgan fingerprint density at radius 1 is 1.08 bits per heavy atom. The van der Waals surface area contributed by atoms with Crippen molar-refractivity contribution in [3.05, 3.63) is 59.9 Å². The number of benzene rings is 2. The SMILES string of the molecule is CN(C)S(=O)(=O)c1ccccc1CNC(=O)Nc1ccc(F)cc1. The lowest BCUT2D eigenvalue weighted by Crippen LogP contribution is -2.30. The van der Waals surface area contributed by atoms with Crippen LogP contribution in [0.25, 0.3) is 0 Å². The van der Waals surface area contributed by atoms with Crippen LogP contribution < -0.4 is 10.6 Å². The minimum atomic E-state index is -3.60. The van der Waals surface area contributed by atoms with Gasteiger partial charge in [0.1, 0.15) is 5.82 Å². The van der Waals surface area contributed by atoms with Gasteiger partial charge in [-0.05, 0) is 35.9 Å². The smallest absolute Gasteiger partial charge is 0.319 e.